The Morgan fingerprint density at radius 1 is 1.67 bits per heavy atom. The lowest BCUT2D eigenvalue weighted by Gasteiger charge is -2.21. The molecule has 2 aliphatic rings. The van der Waals surface area contributed by atoms with E-state index in [9.17, 15) is 4.79 Å². The minimum Gasteiger partial charge on any atom is -0.473 e. The topological polar surface area (TPSA) is 54.9 Å². The third-order valence-electron chi connectivity index (χ3n) is 2.99. The van der Waals surface area contributed by atoms with Crippen LogP contribution in [0.3, 0.4) is 0 Å². The van der Waals surface area contributed by atoms with Crippen LogP contribution in [0.5, 0.6) is 5.19 Å². The molecule has 2 aliphatic heterocycles. The van der Waals surface area contributed by atoms with Gasteiger partial charge >= 0.3 is 6.03 Å². The Kier molecular flexibility index (Phi) is 2.71. The Balaban J connectivity index is 1.92. The summed E-state index contributed by atoms with van der Waals surface area (Å²) < 4.78 is 5.15. The van der Waals surface area contributed by atoms with E-state index in [1.807, 2.05) is 0 Å². The summed E-state index contributed by atoms with van der Waals surface area (Å²) >= 11 is 1.47. The van der Waals surface area contributed by atoms with Crippen molar-refractivity contribution in [2.75, 3.05) is 20.3 Å². The number of amides is 2. The molecule has 3 rings (SSSR count). The number of ether oxygens (including phenoxy) is 1. The normalized spacial score (nSPS) is 21.2. The van der Waals surface area contributed by atoms with Gasteiger partial charge in [-0.2, -0.15) is 5.06 Å². The molecule has 18 heavy (non-hydrogen) atoms. The molecule has 0 radical (unpaired) electrons. The van der Waals surface area contributed by atoms with Gasteiger partial charge in [-0.15, -0.1) is 6.58 Å². The van der Waals surface area contributed by atoms with E-state index in [-0.39, 0.29) is 12.1 Å². The summed E-state index contributed by atoms with van der Waals surface area (Å²) in [5.74, 6) is 0. The predicted octanol–water partition coefficient (Wildman–Crippen LogP) is 1.56. The summed E-state index contributed by atoms with van der Waals surface area (Å²) in [4.78, 5) is 24.6. The van der Waals surface area contributed by atoms with Crippen molar-refractivity contribution in [1.29, 1.82) is 0 Å². The summed E-state index contributed by atoms with van der Waals surface area (Å²) in [5, 5.41) is 2.05. The first-order chi connectivity index (χ1) is 8.74. The van der Waals surface area contributed by atoms with Crippen molar-refractivity contribution in [3.05, 3.63) is 23.2 Å². The Morgan fingerprint density at radius 2 is 2.50 bits per heavy atom. The molecule has 2 amide bonds. The summed E-state index contributed by atoms with van der Waals surface area (Å²) in [6, 6.07) is -0.186. The van der Waals surface area contributed by atoms with Crippen molar-refractivity contribution in [1.82, 2.24) is 14.9 Å². The molecule has 96 valence electrons. The minimum atomic E-state index is -0.106. The van der Waals surface area contributed by atoms with E-state index < -0.39 is 0 Å². The average molecular weight is 267 g/mol. The highest BCUT2D eigenvalue weighted by Crippen LogP contribution is 2.42. The molecule has 0 unspecified atom stereocenters. The lowest BCUT2D eigenvalue weighted by atomic mass is 10.1. The van der Waals surface area contributed by atoms with Crippen molar-refractivity contribution >= 4 is 17.4 Å². The lowest BCUT2D eigenvalue weighted by molar-refractivity contribution is -0.118. The smallest absolute Gasteiger partial charge is 0.345 e. The van der Waals surface area contributed by atoms with Gasteiger partial charge in [0, 0.05) is 0 Å². The maximum Gasteiger partial charge on any atom is 0.345 e. The van der Waals surface area contributed by atoms with Gasteiger partial charge in [0.1, 0.15) is 6.04 Å². The average Bonchev–Trinajstić information content (AvgIpc) is 2.90. The van der Waals surface area contributed by atoms with Gasteiger partial charge in [0.25, 0.3) is 5.19 Å². The van der Waals surface area contributed by atoms with E-state index >= 15 is 0 Å². The molecule has 3 heterocycles. The van der Waals surface area contributed by atoms with E-state index in [4.69, 9.17) is 9.57 Å². The van der Waals surface area contributed by atoms with Gasteiger partial charge in [-0.05, 0) is 0 Å². The second-order valence-electron chi connectivity index (χ2n) is 4.08. The van der Waals surface area contributed by atoms with Crippen LogP contribution in [-0.4, -0.2) is 41.2 Å². The largest absolute Gasteiger partial charge is 0.473 e. The molecule has 2 bridgehead atoms. The van der Waals surface area contributed by atoms with Crippen LogP contribution in [-0.2, 0) is 11.4 Å². The number of fused-ring (bicyclic) bond motifs is 4. The van der Waals surface area contributed by atoms with E-state index in [1.165, 1.54) is 16.4 Å². The van der Waals surface area contributed by atoms with Gasteiger partial charge in [-0.1, -0.05) is 17.4 Å². The monoisotopic (exact) mass is 267 g/mol. The van der Waals surface area contributed by atoms with Crippen LogP contribution in [0.25, 0.3) is 0 Å². The lowest BCUT2D eigenvalue weighted by Crippen LogP contribution is -2.30. The van der Waals surface area contributed by atoms with Crippen LogP contribution >= 0.6 is 11.3 Å². The number of hydrogen-bond donors (Lipinski definition) is 0. The van der Waals surface area contributed by atoms with Gasteiger partial charge < -0.3 is 9.64 Å². The van der Waals surface area contributed by atoms with E-state index in [1.54, 1.807) is 18.1 Å². The fourth-order valence-electron chi connectivity index (χ4n) is 2.22. The van der Waals surface area contributed by atoms with Crippen LogP contribution in [0, 0.1) is 0 Å². The molecular formula is C11H13N3O3S. The number of nitrogens with zero attached hydrogens (tertiary/aromatic N) is 3. The van der Waals surface area contributed by atoms with Crippen molar-refractivity contribution < 1.29 is 14.4 Å². The molecule has 0 aliphatic carbocycles. The number of thiazole rings is 1. The summed E-state index contributed by atoms with van der Waals surface area (Å²) in [5.41, 5.74) is 0.908. The van der Waals surface area contributed by atoms with Gasteiger partial charge in [0.05, 0.1) is 37.4 Å². The Labute approximate surface area is 108 Å². The standard InChI is InChI=1S/C11H13N3O3S/c1-3-4-17-14-8-6-13(11(14)15)5-7-9(8)18-10(12-7)16-2/h3,8H,1,4-6H2,2H3/t8-/m0/s1. The number of aromatic nitrogens is 1. The van der Waals surface area contributed by atoms with E-state index in [2.05, 4.69) is 11.6 Å². The number of carbonyl (C=O) groups excluding carboxylic acids is 1. The highest BCUT2D eigenvalue weighted by Gasteiger charge is 2.46. The molecule has 1 aromatic rings. The first kappa shape index (κ1) is 11.5. The highest BCUT2D eigenvalue weighted by molar-refractivity contribution is 7.13. The molecule has 0 aromatic carbocycles. The third kappa shape index (κ3) is 1.58. The minimum absolute atomic E-state index is 0.0809. The van der Waals surface area contributed by atoms with Crippen molar-refractivity contribution in [2.45, 2.75) is 12.6 Å². The first-order valence-corrected chi connectivity index (χ1v) is 6.41. The van der Waals surface area contributed by atoms with Crippen molar-refractivity contribution in [2.24, 2.45) is 0 Å². The Bertz CT molecular complexity index is 502. The molecule has 0 spiro atoms. The van der Waals surface area contributed by atoms with Gasteiger partial charge in [-0.25, -0.2) is 9.78 Å². The molecular weight excluding hydrogens is 254 g/mol. The van der Waals surface area contributed by atoms with E-state index in [0.717, 1.165) is 10.6 Å². The summed E-state index contributed by atoms with van der Waals surface area (Å²) in [6.45, 7) is 5.08. The number of hydrogen-bond acceptors (Lipinski definition) is 5. The zero-order chi connectivity index (χ0) is 12.7. The first-order valence-electron chi connectivity index (χ1n) is 5.60. The predicted molar refractivity (Wildman–Crippen MR) is 65.2 cm³/mol. The van der Waals surface area contributed by atoms with Crippen molar-refractivity contribution in [3.8, 4) is 5.19 Å². The maximum atomic E-state index is 12.1. The second kappa shape index (κ2) is 4.25. The van der Waals surface area contributed by atoms with Crippen LogP contribution < -0.4 is 4.74 Å². The van der Waals surface area contributed by atoms with Gasteiger partial charge in [0.2, 0.25) is 0 Å². The quantitative estimate of drug-likeness (QED) is 0.777. The van der Waals surface area contributed by atoms with Crippen LogP contribution in [0.1, 0.15) is 16.6 Å². The summed E-state index contributed by atoms with van der Waals surface area (Å²) in [6.07, 6.45) is 1.62. The SMILES string of the molecule is C=CCON1C(=O)N2Cc3nc(OC)sc3[C@@H]1C2. The van der Waals surface area contributed by atoms with Crippen LogP contribution in [0.4, 0.5) is 4.79 Å². The fourth-order valence-corrected chi connectivity index (χ4v) is 3.18. The van der Waals surface area contributed by atoms with Gasteiger partial charge in [0.15, 0.2) is 0 Å². The third-order valence-corrected chi connectivity index (χ3v) is 4.15. The summed E-state index contributed by atoms with van der Waals surface area (Å²) in [7, 11) is 1.60. The number of urea groups is 1. The number of methoxy groups -OCH3 is 1. The number of rotatable bonds is 4. The molecule has 7 heteroatoms. The molecule has 6 nitrogen and oxygen atoms in total. The van der Waals surface area contributed by atoms with Crippen molar-refractivity contribution in [3.63, 3.8) is 0 Å². The number of hydroxylamine groups is 2. The second-order valence-corrected chi connectivity index (χ2v) is 5.08. The highest BCUT2D eigenvalue weighted by atomic mass is 32.1. The zero-order valence-electron chi connectivity index (χ0n) is 9.96. The maximum absolute atomic E-state index is 12.1. The fraction of sp³-hybridized carbons (Fsp3) is 0.455. The zero-order valence-corrected chi connectivity index (χ0v) is 10.8. The molecule has 1 aromatic heterocycles. The van der Waals surface area contributed by atoms with E-state index in [0.29, 0.717) is 24.9 Å². The molecule has 1 saturated heterocycles. The Hall–Kier alpha value is -1.60. The van der Waals surface area contributed by atoms with Crippen LogP contribution in [0.15, 0.2) is 12.7 Å². The molecule has 1 atom stereocenters. The van der Waals surface area contributed by atoms with Crippen LogP contribution in [0.2, 0.25) is 0 Å². The van der Waals surface area contributed by atoms with Gasteiger partial charge in [-0.3, -0.25) is 4.84 Å². The molecule has 1 fully saturated rings. The Morgan fingerprint density at radius 3 is 3.22 bits per heavy atom. The number of carbonyl (C=O) groups is 1. The molecule has 0 saturated carbocycles. The molecule has 0 N–H and O–H groups in total.